The number of rotatable bonds is 2. The molecular weight excluding hydrogens is 354 g/mol. The predicted octanol–water partition coefficient (Wildman–Crippen LogP) is 1.53. The van der Waals surface area contributed by atoms with Crippen LogP contribution in [0.25, 0.3) is 0 Å². The fourth-order valence-electron chi connectivity index (χ4n) is 1.86. The first-order valence-electron chi connectivity index (χ1n) is 5.05. The quantitative estimate of drug-likeness (QED) is 0.780. The highest BCUT2D eigenvalue weighted by molar-refractivity contribution is 9.11. The first-order chi connectivity index (χ1) is 8.04. The number of anilines is 2. The molecule has 0 aliphatic carbocycles. The van der Waals surface area contributed by atoms with E-state index in [1.807, 2.05) is 0 Å². The van der Waals surface area contributed by atoms with Gasteiger partial charge in [-0.2, -0.15) is 0 Å². The van der Waals surface area contributed by atoms with Gasteiger partial charge in [-0.25, -0.2) is 4.98 Å². The molecule has 0 aromatic carbocycles. The summed E-state index contributed by atoms with van der Waals surface area (Å²) in [6.07, 6.45) is 1.94. The Labute approximate surface area is 115 Å². The number of carbonyl (C=O) groups excluding carboxylic acids is 1. The molecule has 1 unspecified atom stereocenters. The summed E-state index contributed by atoms with van der Waals surface area (Å²) in [6.45, 7) is 0.487. The summed E-state index contributed by atoms with van der Waals surface area (Å²) >= 11 is 6.58. The van der Waals surface area contributed by atoms with E-state index < -0.39 is 0 Å². The first kappa shape index (κ1) is 12.8. The third kappa shape index (κ3) is 2.31. The summed E-state index contributed by atoms with van der Waals surface area (Å²) in [5, 5.41) is 9.10. The second-order valence-corrected chi connectivity index (χ2v) is 5.52. The van der Waals surface area contributed by atoms with Crippen molar-refractivity contribution in [2.24, 2.45) is 5.92 Å². The van der Waals surface area contributed by atoms with E-state index in [1.54, 1.807) is 11.1 Å². The minimum Gasteiger partial charge on any atom is -0.396 e. The van der Waals surface area contributed by atoms with Crippen LogP contribution in [-0.2, 0) is 4.79 Å². The molecule has 1 aliphatic rings. The zero-order valence-corrected chi connectivity index (χ0v) is 12.0. The molecule has 5 nitrogen and oxygen atoms in total. The second kappa shape index (κ2) is 4.91. The molecule has 1 amide bonds. The molecule has 0 spiro atoms. The molecule has 1 saturated heterocycles. The summed E-state index contributed by atoms with van der Waals surface area (Å²) in [5.74, 6) is -0.0599. The molecule has 1 fully saturated rings. The molecule has 1 aliphatic heterocycles. The Morgan fingerprint density at radius 3 is 2.88 bits per heavy atom. The Hall–Kier alpha value is -0.660. The third-order valence-electron chi connectivity index (χ3n) is 2.73. The summed E-state index contributed by atoms with van der Waals surface area (Å²) in [4.78, 5) is 17.5. The van der Waals surface area contributed by atoms with Crippen LogP contribution >= 0.6 is 31.9 Å². The molecule has 17 heavy (non-hydrogen) atoms. The Balaban J connectivity index is 2.41. The van der Waals surface area contributed by atoms with E-state index >= 15 is 0 Å². The number of hydrogen-bond donors (Lipinski definition) is 2. The topological polar surface area (TPSA) is 79.4 Å². The van der Waals surface area contributed by atoms with Crippen molar-refractivity contribution in [3.05, 3.63) is 15.3 Å². The summed E-state index contributed by atoms with van der Waals surface area (Å²) < 4.78 is 1.18. The van der Waals surface area contributed by atoms with Gasteiger partial charge in [0.15, 0.2) is 0 Å². The van der Waals surface area contributed by atoms with Gasteiger partial charge in [0.25, 0.3) is 0 Å². The van der Waals surface area contributed by atoms with Gasteiger partial charge in [-0.15, -0.1) is 0 Å². The number of nitrogens with two attached hydrogens (primary N) is 1. The molecule has 92 valence electrons. The SMILES string of the molecule is Nc1c(Br)ncc(Br)c1N1CC(CO)CC1=O. The van der Waals surface area contributed by atoms with E-state index in [0.29, 0.717) is 33.4 Å². The first-order valence-corrected chi connectivity index (χ1v) is 6.64. The van der Waals surface area contributed by atoms with Gasteiger partial charge < -0.3 is 15.7 Å². The van der Waals surface area contributed by atoms with Gasteiger partial charge in [0.2, 0.25) is 5.91 Å². The van der Waals surface area contributed by atoms with Gasteiger partial charge in [-0.05, 0) is 31.9 Å². The van der Waals surface area contributed by atoms with Crippen LogP contribution in [0.3, 0.4) is 0 Å². The van der Waals surface area contributed by atoms with E-state index in [0.717, 1.165) is 0 Å². The van der Waals surface area contributed by atoms with Gasteiger partial charge in [0.1, 0.15) is 4.60 Å². The van der Waals surface area contributed by atoms with Gasteiger partial charge in [-0.3, -0.25) is 4.79 Å². The van der Waals surface area contributed by atoms with E-state index in [2.05, 4.69) is 36.8 Å². The molecule has 1 aromatic rings. The molecule has 1 aromatic heterocycles. The molecule has 0 bridgehead atoms. The van der Waals surface area contributed by atoms with Crippen LogP contribution in [0.4, 0.5) is 11.4 Å². The number of nitrogen functional groups attached to an aromatic ring is 1. The Morgan fingerprint density at radius 2 is 2.29 bits per heavy atom. The zero-order chi connectivity index (χ0) is 12.6. The molecule has 2 heterocycles. The molecule has 3 N–H and O–H groups in total. The van der Waals surface area contributed by atoms with Crippen molar-refractivity contribution < 1.29 is 9.90 Å². The van der Waals surface area contributed by atoms with Crippen LogP contribution in [0.1, 0.15) is 6.42 Å². The number of aliphatic hydroxyl groups excluding tert-OH is 1. The molecule has 0 radical (unpaired) electrons. The molecular formula is C10H11Br2N3O2. The van der Waals surface area contributed by atoms with Crippen LogP contribution in [0.2, 0.25) is 0 Å². The normalized spacial score (nSPS) is 20.1. The molecule has 0 saturated carbocycles. The molecule has 1 atom stereocenters. The summed E-state index contributed by atoms with van der Waals surface area (Å²) in [7, 11) is 0. The highest BCUT2D eigenvalue weighted by Gasteiger charge is 2.32. The average molecular weight is 365 g/mol. The van der Waals surface area contributed by atoms with Crippen molar-refractivity contribution in [1.82, 2.24) is 4.98 Å². The van der Waals surface area contributed by atoms with E-state index in [9.17, 15) is 4.79 Å². The molecule has 7 heteroatoms. The van der Waals surface area contributed by atoms with Gasteiger partial charge in [0.05, 0.1) is 15.8 Å². The largest absolute Gasteiger partial charge is 0.396 e. The zero-order valence-electron chi connectivity index (χ0n) is 8.86. The predicted molar refractivity (Wildman–Crippen MR) is 71.6 cm³/mol. The van der Waals surface area contributed by atoms with Crippen molar-refractivity contribution in [3.63, 3.8) is 0 Å². The third-order valence-corrected chi connectivity index (χ3v) is 3.94. The van der Waals surface area contributed by atoms with Crippen LogP contribution < -0.4 is 10.6 Å². The maximum atomic E-state index is 11.9. The maximum Gasteiger partial charge on any atom is 0.227 e. The Bertz CT molecular complexity index is 467. The highest BCUT2D eigenvalue weighted by Crippen LogP contribution is 2.38. The lowest BCUT2D eigenvalue weighted by Crippen LogP contribution is -2.26. The highest BCUT2D eigenvalue weighted by atomic mass is 79.9. The van der Waals surface area contributed by atoms with E-state index in [1.165, 1.54) is 0 Å². The number of halogens is 2. The van der Waals surface area contributed by atoms with Gasteiger partial charge in [-0.1, -0.05) is 0 Å². The van der Waals surface area contributed by atoms with E-state index in [-0.39, 0.29) is 18.4 Å². The van der Waals surface area contributed by atoms with Gasteiger partial charge in [0, 0.05) is 31.7 Å². The summed E-state index contributed by atoms with van der Waals surface area (Å²) in [6, 6.07) is 0. The maximum absolute atomic E-state index is 11.9. The number of amides is 1. The molecule has 2 rings (SSSR count). The van der Waals surface area contributed by atoms with Crippen molar-refractivity contribution in [2.45, 2.75) is 6.42 Å². The van der Waals surface area contributed by atoms with Crippen molar-refractivity contribution in [3.8, 4) is 0 Å². The Kier molecular flexibility index (Phi) is 3.70. The average Bonchev–Trinajstić information content (AvgIpc) is 2.66. The van der Waals surface area contributed by atoms with Crippen molar-refractivity contribution in [2.75, 3.05) is 23.8 Å². The van der Waals surface area contributed by atoms with Crippen LogP contribution in [0.5, 0.6) is 0 Å². The van der Waals surface area contributed by atoms with Gasteiger partial charge >= 0.3 is 0 Å². The fraction of sp³-hybridized carbons (Fsp3) is 0.400. The second-order valence-electron chi connectivity index (χ2n) is 3.92. The number of hydrogen-bond acceptors (Lipinski definition) is 4. The van der Waals surface area contributed by atoms with Crippen LogP contribution in [0.15, 0.2) is 15.3 Å². The van der Waals surface area contributed by atoms with E-state index in [4.69, 9.17) is 10.8 Å². The number of pyridine rings is 1. The number of nitrogens with zero attached hydrogens (tertiary/aromatic N) is 2. The van der Waals surface area contributed by atoms with Crippen LogP contribution in [0, 0.1) is 5.92 Å². The fourth-order valence-corrected chi connectivity index (χ4v) is 2.68. The lowest BCUT2D eigenvalue weighted by molar-refractivity contribution is -0.117. The number of carbonyl (C=O) groups is 1. The lowest BCUT2D eigenvalue weighted by Gasteiger charge is -2.20. The minimum atomic E-state index is -0.0328. The monoisotopic (exact) mass is 363 g/mol. The minimum absolute atomic E-state index is 0.00597. The number of aromatic nitrogens is 1. The van der Waals surface area contributed by atoms with Crippen molar-refractivity contribution >= 4 is 49.1 Å². The Morgan fingerprint density at radius 1 is 1.59 bits per heavy atom. The number of aliphatic hydroxyl groups is 1. The summed E-state index contributed by atoms with van der Waals surface area (Å²) in [5.41, 5.74) is 6.96. The smallest absolute Gasteiger partial charge is 0.227 e. The van der Waals surface area contributed by atoms with Crippen molar-refractivity contribution in [1.29, 1.82) is 0 Å². The standard InChI is InChI=1S/C10H11Br2N3O2/c11-6-2-14-10(12)8(13)9(6)15-3-5(4-16)1-7(15)17/h2,5,16H,1,3-4,13H2. The van der Waals surface area contributed by atoms with Crippen LogP contribution in [-0.4, -0.2) is 29.1 Å². The lowest BCUT2D eigenvalue weighted by atomic mass is 10.1.